The molecule has 1 heterocycles. The molecule has 1 N–H and O–H groups in total. The van der Waals surface area contributed by atoms with Crippen LogP contribution in [0, 0.1) is 34.5 Å². The van der Waals surface area contributed by atoms with Crippen LogP contribution < -0.4 is 5.38 Å². The Hall–Kier alpha value is -0.613. The largest absolute Gasteiger partial charge is 0.390 e. The van der Waals surface area contributed by atoms with Gasteiger partial charge >= 0.3 is 0 Å². The van der Waals surface area contributed by atoms with Gasteiger partial charge in [0, 0.05) is 5.92 Å². The first-order valence-corrected chi connectivity index (χ1v) is 16.1. The van der Waals surface area contributed by atoms with Gasteiger partial charge in [-0.1, -0.05) is 38.6 Å². The van der Waals surface area contributed by atoms with Gasteiger partial charge in [-0.15, -0.1) is 0 Å². The Kier molecular flexibility index (Phi) is 4.74. The zero-order valence-electron chi connectivity index (χ0n) is 20.1. The first kappa shape index (κ1) is 21.2. The number of hydrogen-bond acceptors (Lipinski definition) is 3. The van der Waals surface area contributed by atoms with Gasteiger partial charge in [-0.2, -0.15) is 0 Å². The molecule has 4 aliphatic carbocycles. The van der Waals surface area contributed by atoms with Crippen LogP contribution in [0.1, 0.15) is 90.2 Å². The molecule has 4 fully saturated rings. The maximum Gasteiger partial charge on any atom is 0.127 e. The molecule has 0 bridgehead atoms. The summed E-state index contributed by atoms with van der Waals surface area (Å²) in [5.74, 6) is 3.88. The van der Waals surface area contributed by atoms with E-state index in [0.29, 0.717) is 16.7 Å². The zero-order chi connectivity index (χ0) is 21.5. The lowest BCUT2D eigenvalue weighted by Gasteiger charge is -2.61. The Labute approximate surface area is 184 Å². The lowest BCUT2D eigenvalue weighted by Crippen LogP contribution is -2.55. The standard InChI is InChI=1S/C26H43NO2Si/c1-24(28)13-14-25(2)17(16-24)7-8-18-19-9-10-21(26(19,3)12-11-20(18)25)22-15-23(29-27-22)30(4,5)6/h15,17-21,28H,7-14,16H2,1-6H3/t17-,18-,19-,20-,21?,24+,25-,26-/m0/s1. The lowest BCUT2D eigenvalue weighted by atomic mass is 9.44. The molecule has 0 aliphatic heterocycles. The van der Waals surface area contributed by atoms with E-state index in [9.17, 15) is 5.11 Å². The molecule has 4 aliphatic rings. The highest BCUT2D eigenvalue weighted by Crippen LogP contribution is 2.69. The van der Waals surface area contributed by atoms with Gasteiger partial charge in [-0.25, -0.2) is 0 Å². The molecular formula is C26H43NO2Si. The van der Waals surface area contributed by atoms with Gasteiger partial charge in [0.15, 0.2) is 0 Å². The van der Waals surface area contributed by atoms with Crippen LogP contribution in [-0.4, -0.2) is 23.9 Å². The summed E-state index contributed by atoms with van der Waals surface area (Å²) >= 11 is 0. The van der Waals surface area contributed by atoms with Crippen LogP contribution in [0.5, 0.6) is 0 Å². The van der Waals surface area contributed by atoms with E-state index in [1.807, 2.05) is 0 Å². The maximum absolute atomic E-state index is 10.7. The summed E-state index contributed by atoms with van der Waals surface area (Å²) in [6.07, 6.45) is 11.3. The van der Waals surface area contributed by atoms with Crippen molar-refractivity contribution in [3.8, 4) is 0 Å². The van der Waals surface area contributed by atoms with Crippen molar-refractivity contribution in [2.75, 3.05) is 0 Å². The van der Waals surface area contributed by atoms with E-state index in [1.54, 1.807) is 0 Å². The van der Waals surface area contributed by atoms with Gasteiger partial charge in [0.25, 0.3) is 0 Å². The van der Waals surface area contributed by atoms with Crippen molar-refractivity contribution in [3.63, 3.8) is 0 Å². The van der Waals surface area contributed by atoms with Crippen molar-refractivity contribution in [2.45, 2.75) is 110 Å². The smallest absolute Gasteiger partial charge is 0.127 e. The molecule has 1 unspecified atom stereocenters. The van der Waals surface area contributed by atoms with Gasteiger partial charge in [-0.3, -0.25) is 0 Å². The normalized spacial score (nSPS) is 48.7. The number of fused-ring (bicyclic) bond motifs is 5. The van der Waals surface area contributed by atoms with Crippen LogP contribution in [0.2, 0.25) is 19.6 Å². The summed E-state index contributed by atoms with van der Waals surface area (Å²) in [5.41, 5.74) is 1.66. The minimum Gasteiger partial charge on any atom is -0.390 e. The number of hydrogen-bond donors (Lipinski definition) is 1. The van der Waals surface area contributed by atoms with Crippen LogP contribution in [0.25, 0.3) is 0 Å². The third kappa shape index (κ3) is 3.10. The van der Waals surface area contributed by atoms with Crippen molar-refractivity contribution >= 4 is 13.5 Å². The fourth-order valence-electron chi connectivity index (χ4n) is 8.72. The highest BCUT2D eigenvalue weighted by Gasteiger charge is 2.61. The highest BCUT2D eigenvalue weighted by molar-refractivity contribution is 6.87. The molecule has 0 spiro atoms. The van der Waals surface area contributed by atoms with Crippen LogP contribution in [0.4, 0.5) is 0 Å². The van der Waals surface area contributed by atoms with Crippen molar-refractivity contribution in [2.24, 2.45) is 34.5 Å². The average Bonchev–Trinajstić information content (AvgIpc) is 3.26. The van der Waals surface area contributed by atoms with Gasteiger partial charge < -0.3 is 9.63 Å². The second-order valence-corrected chi connectivity index (χ2v) is 18.4. The molecule has 168 valence electrons. The van der Waals surface area contributed by atoms with Gasteiger partial charge in [0.2, 0.25) is 0 Å². The van der Waals surface area contributed by atoms with E-state index in [4.69, 9.17) is 4.52 Å². The van der Waals surface area contributed by atoms with Crippen molar-refractivity contribution in [1.29, 1.82) is 0 Å². The van der Waals surface area contributed by atoms with Crippen LogP contribution in [0.15, 0.2) is 10.6 Å². The maximum atomic E-state index is 10.7. The third-order valence-corrected chi connectivity index (χ3v) is 12.3. The van der Waals surface area contributed by atoms with Crippen LogP contribution in [0.3, 0.4) is 0 Å². The summed E-state index contributed by atoms with van der Waals surface area (Å²) < 4.78 is 5.87. The molecule has 0 radical (unpaired) electrons. The molecule has 4 heteroatoms. The molecule has 4 saturated carbocycles. The molecule has 0 aromatic carbocycles. The van der Waals surface area contributed by atoms with Crippen LogP contribution >= 0.6 is 0 Å². The quantitative estimate of drug-likeness (QED) is 0.578. The number of aliphatic hydroxyl groups is 1. The predicted octanol–water partition coefficient (Wildman–Crippen LogP) is 6.10. The topological polar surface area (TPSA) is 46.3 Å². The van der Waals surface area contributed by atoms with Crippen LogP contribution in [-0.2, 0) is 0 Å². The number of nitrogens with zero attached hydrogens (tertiary/aromatic N) is 1. The molecule has 30 heavy (non-hydrogen) atoms. The fraction of sp³-hybridized carbons (Fsp3) is 0.885. The molecule has 3 nitrogen and oxygen atoms in total. The lowest BCUT2D eigenvalue weighted by molar-refractivity contribution is -0.143. The van der Waals surface area contributed by atoms with E-state index < -0.39 is 13.7 Å². The Morgan fingerprint density at radius 1 is 0.933 bits per heavy atom. The summed E-state index contributed by atoms with van der Waals surface area (Å²) in [5, 5.41) is 16.5. The number of aromatic nitrogens is 1. The molecule has 0 amide bonds. The van der Waals surface area contributed by atoms with Gasteiger partial charge in [-0.05, 0) is 105 Å². The SMILES string of the molecule is C[C@@]1(O)CC[C@@]2(C)[C@@H](CC[C@@H]3[C@@H]2CC[C@]2(C)C(c4cc([Si](C)(C)C)on4)CC[C@@H]32)C1. The van der Waals surface area contributed by atoms with E-state index in [0.717, 1.165) is 36.5 Å². The van der Waals surface area contributed by atoms with Crippen molar-refractivity contribution in [1.82, 2.24) is 5.16 Å². The Bertz CT molecular complexity index is 810. The molecule has 1 aromatic rings. The molecule has 1 aromatic heterocycles. The molecular weight excluding hydrogens is 386 g/mol. The zero-order valence-corrected chi connectivity index (χ0v) is 21.1. The van der Waals surface area contributed by atoms with E-state index >= 15 is 0 Å². The average molecular weight is 430 g/mol. The van der Waals surface area contributed by atoms with E-state index in [1.165, 1.54) is 56.0 Å². The highest BCUT2D eigenvalue weighted by atomic mass is 28.3. The van der Waals surface area contributed by atoms with Gasteiger partial charge in [0.05, 0.1) is 11.3 Å². The predicted molar refractivity (Wildman–Crippen MR) is 125 cm³/mol. The monoisotopic (exact) mass is 429 g/mol. The van der Waals surface area contributed by atoms with Crippen molar-refractivity contribution < 1.29 is 9.63 Å². The Morgan fingerprint density at radius 3 is 2.37 bits per heavy atom. The molecule has 8 atom stereocenters. The summed E-state index contributed by atoms with van der Waals surface area (Å²) in [7, 11) is -1.45. The summed E-state index contributed by atoms with van der Waals surface area (Å²) in [4.78, 5) is 0. The second kappa shape index (κ2) is 6.70. The first-order chi connectivity index (χ1) is 13.9. The van der Waals surface area contributed by atoms with Crippen molar-refractivity contribution in [3.05, 3.63) is 11.8 Å². The number of rotatable bonds is 2. The second-order valence-electron chi connectivity index (χ2n) is 13.4. The summed E-state index contributed by atoms with van der Waals surface area (Å²) in [6, 6.07) is 2.33. The minimum absolute atomic E-state index is 0.387. The third-order valence-electron chi connectivity index (χ3n) is 10.6. The summed E-state index contributed by atoms with van der Waals surface area (Å²) in [6.45, 7) is 14.3. The first-order valence-electron chi connectivity index (χ1n) is 12.6. The fourth-order valence-corrected chi connectivity index (χ4v) is 9.62. The molecule has 0 saturated heterocycles. The Morgan fingerprint density at radius 2 is 1.67 bits per heavy atom. The van der Waals surface area contributed by atoms with E-state index in [2.05, 4.69) is 51.6 Å². The minimum atomic E-state index is -1.45. The van der Waals surface area contributed by atoms with E-state index in [-0.39, 0.29) is 0 Å². The van der Waals surface area contributed by atoms with Gasteiger partial charge in [0.1, 0.15) is 13.5 Å². The molecule has 5 rings (SSSR count). The Balaban J connectivity index is 1.40.